The number of nitrogens with one attached hydrogen (secondary N) is 3. The van der Waals surface area contributed by atoms with Crippen molar-refractivity contribution in [2.75, 3.05) is 6.54 Å². The predicted molar refractivity (Wildman–Crippen MR) is 121 cm³/mol. The number of amides is 3. The summed E-state index contributed by atoms with van der Waals surface area (Å²) in [6.45, 7) is -0.316. The van der Waals surface area contributed by atoms with Gasteiger partial charge < -0.3 is 26.2 Å². The van der Waals surface area contributed by atoms with E-state index in [0.29, 0.717) is 10.4 Å². The van der Waals surface area contributed by atoms with Crippen molar-refractivity contribution in [1.82, 2.24) is 16.0 Å². The highest BCUT2D eigenvalue weighted by atomic mass is 32.1. The molecule has 0 saturated carbocycles. The summed E-state index contributed by atoms with van der Waals surface area (Å²) >= 11 is 1.17. The van der Waals surface area contributed by atoms with E-state index in [1.807, 2.05) is 0 Å². The first kappa shape index (κ1) is 24.4. The zero-order valence-corrected chi connectivity index (χ0v) is 18.4. The van der Waals surface area contributed by atoms with Gasteiger partial charge in [0.25, 0.3) is 17.7 Å². The number of hydrogen-bond donors (Lipinski definition) is 5. The van der Waals surface area contributed by atoms with Crippen molar-refractivity contribution in [3.8, 4) is 5.75 Å². The minimum atomic E-state index is -1.50. The number of hydrogen-bond acceptors (Lipinski definition) is 6. The van der Waals surface area contributed by atoms with Crippen LogP contribution in [0.4, 0.5) is 4.39 Å². The topological polar surface area (TPSA) is 145 Å². The number of carbonyl (C=O) groups is 4. The van der Waals surface area contributed by atoms with E-state index in [4.69, 9.17) is 0 Å². The first-order valence-corrected chi connectivity index (χ1v) is 10.8. The lowest BCUT2D eigenvalue weighted by Gasteiger charge is -2.15. The van der Waals surface area contributed by atoms with E-state index in [2.05, 4.69) is 16.0 Å². The summed E-state index contributed by atoms with van der Waals surface area (Å²) in [6, 6.07) is 11.1. The molecule has 34 heavy (non-hydrogen) atoms. The maximum Gasteiger partial charge on any atom is 0.328 e. The molecule has 0 bridgehead atoms. The highest BCUT2D eigenvalue weighted by molar-refractivity contribution is 7.12. The van der Waals surface area contributed by atoms with Crippen LogP contribution in [0, 0.1) is 5.82 Å². The molecule has 0 unspecified atom stereocenters. The molecule has 5 N–H and O–H groups in total. The molecule has 9 nitrogen and oxygen atoms in total. The Balaban J connectivity index is 1.60. The molecule has 0 aliphatic carbocycles. The van der Waals surface area contributed by atoms with Crippen LogP contribution in [0.15, 0.2) is 60.0 Å². The van der Waals surface area contributed by atoms with Gasteiger partial charge in [0.1, 0.15) is 17.6 Å². The molecule has 0 saturated heterocycles. The Morgan fingerprint density at radius 3 is 2.38 bits per heavy atom. The van der Waals surface area contributed by atoms with Gasteiger partial charge in [-0.3, -0.25) is 14.4 Å². The molecule has 0 spiro atoms. The fourth-order valence-corrected chi connectivity index (χ4v) is 3.56. The van der Waals surface area contributed by atoms with Crippen molar-refractivity contribution in [3.05, 3.63) is 87.4 Å². The number of halogens is 1. The first-order chi connectivity index (χ1) is 16.2. The van der Waals surface area contributed by atoms with Crippen LogP contribution in [0.25, 0.3) is 0 Å². The summed E-state index contributed by atoms with van der Waals surface area (Å²) in [5.41, 5.74) is 0.128. The van der Waals surface area contributed by atoms with Gasteiger partial charge in [-0.05, 0) is 47.3 Å². The van der Waals surface area contributed by atoms with Gasteiger partial charge in [0, 0.05) is 18.7 Å². The van der Waals surface area contributed by atoms with Gasteiger partial charge in [0.05, 0.1) is 10.4 Å². The van der Waals surface area contributed by atoms with E-state index < -0.39 is 47.7 Å². The monoisotopic (exact) mass is 485 g/mol. The number of carboxylic acid groups (broad SMARTS) is 1. The molecule has 3 aromatic rings. The molecule has 3 rings (SSSR count). The number of aliphatic carboxylic acids is 1. The fraction of sp³-hybridized carbons (Fsp3) is 0.130. The predicted octanol–water partition coefficient (Wildman–Crippen LogP) is 2.14. The molecule has 176 valence electrons. The van der Waals surface area contributed by atoms with E-state index in [-0.39, 0.29) is 17.9 Å². The van der Waals surface area contributed by atoms with Gasteiger partial charge >= 0.3 is 5.97 Å². The average molecular weight is 485 g/mol. The maximum atomic E-state index is 14.5. The first-order valence-electron chi connectivity index (χ1n) is 9.95. The maximum absolute atomic E-state index is 14.5. The van der Waals surface area contributed by atoms with Crippen LogP contribution >= 0.6 is 11.3 Å². The molecule has 0 fully saturated rings. The lowest BCUT2D eigenvalue weighted by atomic mass is 10.1. The quantitative estimate of drug-likeness (QED) is 0.314. The molecule has 3 amide bonds. The van der Waals surface area contributed by atoms with Crippen LogP contribution in [0.3, 0.4) is 0 Å². The lowest BCUT2D eigenvalue weighted by Crippen LogP contribution is -2.48. The zero-order chi connectivity index (χ0) is 24.7. The molecular formula is C23H20FN3O6S. The normalized spacial score (nSPS) is 11.3. The lowest BCUT2D eigenvalue weighted by molar-refractivity contribution is -0.139. The summed E-state index contributed by atoms with van der Waals surface area (Å²) in [5.74, 6) is -4.50. The third-order valence-corrected chi connectivity index (χ3v) is 5.52. The summed E-state index contributed by atoms with van der Waals surface area (Å²) in [7, 11) is 0. The van der Waals surface area contributed by atoms with E-state index in [0.717, 1.165) is 12.1 Å². The van der Waals surface area contributed by atoms with Crippen LogP contribution in [-0.2, 0) is 11.3 Å². The minimum Gasteiger partial charge on any atom is -0.508 e. The number of benzene rings is 2. The smallest absolute Gasteiger partial charge is 0.328 e. The number of phenols is 1. The second kappa shape index (κ2) is 11.1. The Kier molecular flexibility index (Phi) is 7.93. The van der Waals surface area contributed by atoms with Gasteiger partial charge in [0.15, 0.2) is 0 Å². The van der Waals surface area contributed by atoms with Gasteiger partial charge in [-0.1, -0.05) is 18.2 Å². The molecular weight excluding hydrogens is 465 g/mol. The number of carbonyl (C=O) groups excluding carboxylic acids is 3. The molecule has 0 radical (unpaired) electrons. The third kappa shape index (κ3) is 6.39. The van der Waals surface area contributed by atoms with E-state index in [1.54, 1.807) is 29.6 Å². The van der Waals surface area contributed by atoms with Gasteiger partial charge in [-0.25, -0.2) is 9.18 Å². The van der Waals surface area contributed by atoms with E-state index >= 15 is 0 Å². The van der Waals surface area contributed by atoms with Crippen LogP contribution in [-0.4, -0.2) is 46.5 Å². The number of aromatic hydroxyl groups is 1. The Hall–Kier alpha value is -4.25. The average Bonchev–Trinajstić information content (AvgIpc) is 3.34. The van der Waals surface area contributed by atoms with Gasteiger partial charge in [-0.2, -0.15) is 0 Å². The van der Waals surface area contributed by atoms with Crippen LogP contribution in [0.1, 0.15) is 36.0 Å². The largest absolute Gasteiger partial charge is 0.508 e. The van der Waals surface area contributed by atoms with Crippen LogP contribution < -0.4 is 16.0 Å². The van der Waals surface area contributed by atoms with Gasteiger partial charge in [-0.15, -0.1) is 11.3 Å². The molecule has 1 aromatic heterocycles. The standard InChI is InChI=1S/C23H20FN3O6S/c24-17-10-14(20(29)25-11-13-3-1-4-15(28)9-13)6-7-16(17)21(30)27-18(23(32)33)12-26-22(31)19-5-2-8-34-19/h1-10,18,28H,11-12H2,(H,25,29)(H,26,31)(H,27,30)(H,32,33)/t18-/m0/s1. The summed E-state index contributed by atoms with van der Waals surface area (Å²) in [6.07, 6.45) is 0. The Bertz CT molecular complexity index is 1220. The number of phenolic OH excluding ortho intramolecular Hbond substituents is 1. The molecule has 0 aliphatic rings. The SMILES string of the molecule is O=C(NCc1cccc(O)c1)c1ccc(C(=O)N[C@@H](CNC(=O)c2cccs2)C(=O)O)c(F)c1. The number of thiophene rings is 1. The van der Waals surface area contributed by atoms with Crippen LogP contribution in [0.5, 0.6) is 5.75 Å². The highest BCUT2D eigenvalue weighted by Gasteiger charge is 2.24. The second-order valence-electron chi connectivity index (χ2n) is 7.10. The van der Waals surface area contributed by atoms with Gasteiger partial charge in [0.2, 0.25) is 0 Å². The Morgan fingerprint density at radius 1 is 0.941 bits per heavy atom. The van der Waals surface area contributed by atoms with Crippen molar-refractivity contribution >= 4 is 35.0 Å². The number of rotatable bonds is 9. The van der Waals surface area contributed by atoms with Crippen molar-refractivity contribution in [1.29, 1.82) is 0 Å². The molecule has 0 aliphatic heterocycles. The summed E-state index contributed by atoms with van der Waals surface area (Å²) in [5, 5.41) is 27.6. The van der Waals surface area contributed by atoms with E-state index in [1.165, 1.54) is 29.5 Å². The molecule has 11 heteroatoms. The minimum absolute atomic E-state index is 0.0407. The van der Waals surface area contributed by atoms with Crippen molar-refractivity contribution < 1.29 is 33.8 Å². The summed E-state index contributed by atoms with van der Waals surface area (Å²) in [4.78, 5) is 48.6. The molecule has 1 heterocycles. The van der Waals surface area contributed by atoms with Crippen molar-refractivity contribution in [2.45, 2.75) is 12.6 Å². The zero-order valence-electron chi connectivity index (χ0n) is 17.6. The van der Waals surface area contributed by atoms with E-state index in [9.17, 15) is 33.8 Å². The molecule has 2 aromatic carbocycles. The second-order valence-corrected chi connectivity index (χ2v) is 8.05. The fourth-order valence-electron chi connectivity index (χ4n) is 2.92. The van der Waals surface area contributed by atoms with Crippen molar-refractivity contribution in [2.24, 2.45) is 0 Å². The summed E-state index contributed by atoms with van der Waals surface area (Å²) < 4.78 is 14.5. The van der Waals surface area contributed by atoms with Crippen molar-refractivity contribution in [3.63, 3.8) is 0 Å². The van der Waals surface area contributed by atoms with Crippen LogP contribution in [0.2, 0.25) is 0 Å². The Labute approximate surface area is 197 Å². The number of carboxylic acids is 1. The molecule has 1 atom stereocenters. The Morgan fingerprint density at radius 2 is 1.74 bits per heavy atom. The third-order valence-electron chi connectivity index (χ3n) is 4.65. The highest BCUT2D eigenvalue weighted by Crippen LogP contribution is 2.13.